The third-order valence-electron chi connectivity index (χ3n) is 5.12. The largest absolute Gasteiger partial charge is 0.302 e. The van der Waals surface area contributed by atoms with Crippen molar-refractivity contribution in [1.82, 2.24) is 4.98 Å². The highest BCUT2D eigenvalue weighted by molar-refractivity contribution is 8.13. The van der Waals surface area contributed by atoms with E-state index in [-0.39, 0.29) is 11.0 Å². The second kappa shape index (κ2) is 13.2. The number of thiazole rings is 1. The molecule has 168 valence electrons. The van der Waals surface area contributed by atoms with Gasteiger partial charge in [-0.25, -0.2) is 4.98 Å². The zero-order valence-corrected chi connectivity index (χ0v) is 20.1. The summed E-state index contributed by atoms with van der Waals surface area (Å²) in [5.41, 5.74) is 4.37. The predicted molar refractivity (Wildman–Crippen MR) is 136 cm³/mol. The molecule has 0 unspecified atom stereocenters. The molecule has 0 aliphatic rings. The van der Waals surface area contributed by atoms with E-state index in [0.717, 1.165) is 49.1 Å². The Balaban J connectivity index is 1.23. The molecule has 0 radical (unpaired) electrons. The average molecular weight is 467 g/mol. The van der Waals surface area contributed by atoms with Gasteiger partial charge in [-0.15, -0.1) is 11.3 Å². The fraction of sp³-hybridized carbons (Fsp3) is 0.346. The minimum atomic E-state index is 0.0141. The molecule has 2 aromatic carbocycles. The van der Waals surface area contributed by atoms with E-state index in [1.165, 1.54) is 34.2 Å². The van der Waals surface area contributed by atoms with E-state index in [9.17, 15) is 9.59 Å². The lowest BCUT2D eigenvalue weighted by molar-refractivity contribution is -0.116. The second-order valence-corrected chi connectivity index (χ2v) is 9.83. The Hall–Kier alpha value is -2.44. The Labute approximate surface area is 198 Å². The summed E-state index contributed by atoms with van der Waals surface area (Å²) in [6.45, 7) is 2.06. The number of unbranched alkanes of at least 4 members (excludes halogenated alkanes) is 3. The van der Waals surface area contributed by atoms with E-state index in [0.29, 0.717) is 18.0 Å². The summed E-state index contributed by atoms with van der Waals surface area (Å²) in [6, 6.07) is 18.3. The third-order valence-corrected chi connectivity index (χ3v) is 6.90. The van der Waals surface area contributed by atoms with Crippen LogP contribution in [0.25, 0.3) is 11.3 Å². The van der Waals surface area contributed by atoms with Gasteiger partial charge < -0.3 is 5.32 Å². The van der Waals surface area contributed by atoms with Gasteiger partial charge in [0.15, 0.2) is 10.2 Å². The molecule has 0 saturated heterocycles. The van der Waals surface area contributed by atoms with E-state index < -0.39 is 0 Å². The van der Waals surface area contributed by atoms with Crippen LogP contribution in [0.2, 0.25) is 0 Å². The van der Waals surface area contributed by atoms with E-state index in [2.05, 4.69) is 41.5 Å². The Morgan fingerprint density at radius 1 is 0.938 bits per heavy atom. The molecule has 0 aliphatic carbocycles. The van der Waals surface area contributed by atoms with Crippen LogP contribution in [0.4, 0.5) is 5.13 Å². The summed E-state index contributed by atoms with van der Waals surface area (Å²) in [5, 5.41) is 5.79. The van der Waals surface area contributed by atoms with Crippen molar-refractivity contribution in [3.63, 3.8) is 0 Å². The van der Waals surface area contributed by atoms with E-state index in [1.54, 1.807) is 0 Å². The van der Waals surface area contributed by atoms with Crippen molar-refractivity contribution in [3.05, 3.63) is 71.1 Å². The van der Waals surface area contributed by atoms with Gasteiger partial charge in [0.1, 0.15) is 0 Å². The first kappa shape index (κ1) is 24.2. The summed E-state index contributed by atoms with van der Waals surface area (Å²) in [4.78, 5) is 28.7. The van der Waals surface area contributed by atoms with Crippen LogP contribution in [0.1, 0.15) is 49.7 Å². The summed E-state index contributed by atoms with van der Waals surface area (Å²) in [6.07, 6.45) is 5.82. The molecule has 1 N–H and O–H groups in total. The number of anilines is 1. The van der Waals surface area contributed by atoms with Gasteiger partial charge in [-0.3, -0.25) is 9.59 Å². The van der Waals surface area contributed by atoms with Crippen molar-refractivity contribution in [2.24, 2.45) is 0 Å². The Kier molecular flexibility index (Phi) is 9.98. The molecule has 1 heterocycles. The molecule has 3 rings (SSSR count). The normalized spacial score (nSPS) is 10.8. The van der Waals surface area contributed by atoms with Crippen LogP contribution in [0.5, 0.6) is 0 Å². The fourth-order valence-electron chi connectivity index (χ4n) is 3.26. The van der Waals surface area contributed by atoms with Crippen LogP contribution >= 0.6 is 23.1 Å². The maximum atomic E-state index is 12.2. The van der Waals surface area contributed by atoms with E-state index >= 15 is 0 Å². The monoisotopic (exact) mass is 466 g/mol. The average Bonchev–Trinajstić information content (AvgIpc) is 3.26. The lowest BCUT2D eigenvalue weighted by Gasteiger charge is -2.03. The van der Waals surface area contributed by atoms with Gasteiger partial charge in [0.05, 0.1) is 5.69 Å². The number of carbonyl (C=O) groups excluding carboxylic acids is 2. The number of amides is 1. The van der Waals surface area contributed by atoms with Crippen LogP contribution < -0.4 is 5.32 Å². The SMILES string of the molecule is Cc1ccc(-c2csc(NC(=O)CCCCCCSC(=O)CCc3ccccc3)n2)cc1. The maximum absolute atomic E-state index is 12.2. The van der Waals surface area contributed by atoms with Crippen LogP contribution in [0.15, 0.2) is 60.0 Å². The quantitative estimate of drug-likeness (QED) is 0.295. The van der Waals surface area contributed by atoms with Crippen LogP contribution in [-0.2, 0) is 16.0 Å². The number of carbonyl (C=O) groups is 2. The van der Waals surface area contributed by atoms with E-state index in [1.807, 2.05) is 35.7 Å². The molecule has 1 amide bonds. The highest BCUT2D eigenvalue weighted by Gasteiger charge is 2.08. The molecule has 0 aliphatic heterocycles. The van der Waals surface area contributed by atoms with Crippen LogP contribution in [0.3, 0.4) is 0 Å². The minimum absolute atomic E-state index is 0.0141. The van der Waals surface area contributed by atoms with Gasteiger partial charge in [0.25, 0.3) is 0 Å². The Bertz CT molecular complexity index is 985. The number of nitrogens with zero attached hydrogens (tertiary/aromatic N) is 1. The number of hydrogen-bond acceptors (Lipinski definition) is 5. The van der Waals surface area contributed by atoms with Crippen LogP contribution in [0, 0.1) is 6.92 Å². The van der Waals surface area contributed by atoms with Crippen molar-refractivity contribution in [1.29, 1.82) is 0 Å². The van der Waals surface area contributed by atoms with Gasteiger partial charge in [0, 0.05) is 29.5 Å². The number of aryl methyl sites for hydroxylation is 2. The van der Waals surface area contributed by atoms with Gasteiger partial charge in [-0.2, -0.15) is 0 Å². The number of nitrogens with one attached hydrogen (secondary N) is 1. The predicted octanol–water partition coefficient (Wildman–Crippen LogP) is 6.90. The Morgan fingerprint density at radius 3 is 2.47 bits per heavy atom. The zero-order chi connectivity index (χ0) is 22.6. The molecule has 1 aromatic heterocycles. The summed E-state index contributed by atoms with van der Waals surface area (Å²) < 4.78 is 0. The van der Waals surface area contributed by atoms with Crippen molar-refractivity contribution >= 4 is 39.3 Å². The lowest BCUT2D eigenvalue weighted by Crippen LogP contribution is -2.10. The highest BCUT2D eigenvalue weighted by Crippen LogP contribution is 2.25. The number of rotatable bonds is 12. The number of thioether (sulfide) groups is 1. The first-order chi connectivity index (χ1) is 15.6. The van der Waals surface area contributed by atoms with E-state index in [4.69, 9.17) is 0 Å². The molecule has 0 bridgehead atoms. The smallest absolute Gasteiger partial charge is 0.226 e. The highest BCUT2D eigenvalue weighted by atomic mass is 32.2. The molecule has 32 heavy (non-hydrogen) atoms. The molecule has 0 spiro atoms. The van der Waals surface area contributed by atoms with Crippen molar-refractivity contribution in [2.75, 3.05) is 11.1 Å². The minimum Gasteiger partial charge on any atom is -0.302 e. The molecule has 0 saturated carbocycles. The molecule has 4 nitrogen and oxygen atoms in total. The first-order valence-corrected chi connectivity index (χ1v) is 13.0. The standard InChI is InChI=1S/C26H30N2O2S2/c1-20-12-15-22(16-13-20)23-19-32-26(27-23)28-24(29)11-7-2-3-8-18-31-25(30)17-14-21-9-5-4-6-10-21/h4-6,9-10,12-13,15-16,19H,2-3,7-8,11,14,17-18H2,1H3,(H,27,28,29). The number of hydrogen-bond donors (Lipinski definition) is 1. The molecule has 0 atom stereocenters. The molecular formula is C26H30N2O2S2. The molecular weight excluding hydrogens is 436 g/mol. The van der Waals surface area contributed by atoms with Gasteiger partial charge >= 0.3 is 0 Å². The van der Waals surface area contributed by atoms with Crippen molar-refractivity contribution < 1.29 is 9.59 Å². The molecule has 0 fully saturated rings. The first-order valence-electron chi connectivity index (χ1n) is 11.1. The lowest BCUT2D eigenvalue weighted by atomic mass is 10.1. The van der Waals surface area contributed by atoms with Gasteiger partial charge in [-0.1, -0.05) is 84.8 Å². The van der Waals surface area contributed by atoms with Crippen molar-refractivity contribution in [3.8, 4) is 11.3 Å². The fourth-order valence-corrected chi connectivity index (χ4v) is 4.82. The molecule has 6 heteroatoms. The molecule has 3 aromatic rings. The third kappa shape index (κ3) is 8.60. The van der Waals surface area contributed by atoms with Crippen molar-refractivity contribution in [2.45, 2.75) is 51.9 Å². The number of benzene rings is 2. The summed E-state index contributed by atoms with van der Waals surface area (Å²) >= 11 is 2.89. The number of aromatic nitrogens is 1. The topological polar surface area (TPSA) is 59.1 Å². The summed E-state index contributed by atoms with van der Waals surface area (Å²) in [7, 11) is 0. The Morgan fingerprint density at radius 2 is 1.69 bits per heavy atom. The summed E-state index contributed by atoms with van der Waals surface area (Å²) in [5.74, 6) is 0.876. The van der Waals surface area contributed by atoms with Gasteiger partial charge in [0.2, 0.25) is 5.91 Å². The zero-order valence-electron chi connectivity index (χ0n) is 18.5. The maximum Gasteiger partial charge on any atom is 0.226 e. The second-order valence-electron chi connectivity index (χ2n) is 7.82. The van der Waals surface area contributed by atoms with Crippen LogP contribution in [-0.4, -0.2) is 21.8 Å². The van der Waals surface area contributed by atoms with Gasteiger partial charge in [-0.05, 0) is 31.7 Å².